The zero-order valence-electron chi connectivity index (χ0n) is 6.53. The van der Waals surface area contributed by atoms with Gasteiger partial charge in [0, 0.05) is 4.47 Å². The average molecular weight is 254 g/mol. The maximum atomic E-state index is 13.0. The van der Waals surface area contributed by atoms with Gasteiger partial charge in [0.2, 0.25) is 0 Å². The Balaban J connectivity index is 2.75. The van der Waals surface area contributed by atoms with Gasteiger partial charge in [-0.2, -0.15) is 0 Å². The van der Waals surface area contributed by atoms with Crippen molar-refractivity contribution in [3.05, 3.63) is 28.5 Å². The zero-order chi connectivity index (χ0) is 9.84. The Morgan fingerprint density at radius 1 is 1.38 bits per heavy atom. The summed E-state index contributed by atoms with van der Waals surface area (Å²) in [6.07, 6.45) is -2.49. The number of hydrogen-bond donors (Lipinski definition) is 1. The highest BCUT2D eigenvalue weighted by Crippen LogP contribution is 2.24. The van der Waals surface area contributed by atoms with Crippen LogP contribution in [-0.4, -0.2) is 13.0 Å². The van der Waals surface area contributed by atoms with Crippen molar-refractivity contribution in [2.24, 2.45) is 0 Å². The fourth-order valence-electron chi connectivity index (χ4n) is 0.846. The van der Waals surface area contributed by atoms with E-state index in [0.29, 0.717) is 4.47 Å². The van der Waals surface area contributed by atoms with Crippen molar-refractivity contribution in [1.82, 2.24) is 0 Å². The molecule has 0 aromatic heterocycles. The lowest BCUT2D eigenvalue weighted by Gasteiger charge is -2.08. The number of nitrogens with one attached hydrogen (secondary N) is 1. The van der Waals surface area contributed by atoms with Crippen molar-refractivity contribution in [2.45, 2.75) is 6.43 Å². The third kappa shape index (κ3) is 2.91. The van der Waals surface area contributed by atoms with Crippen LogP contribution in [0.4, 0.5) is 18.9 Å². The molecular weight excluding hydrogens is 247 g/mol. The lowest BCUT2D eigenvalue weighted by atomic mass is 10.3. The van der Waals surface area contributed by atoms with E-state index in [1.165, 1.54) is 12.1 Å². The molecule has 72 valence electrons. The van der Waals surface area contributed by atoms with Gasteiger partial charge in [-0.1, -0.05) is 6.07 Å². The van der Waals surface area contributed by atoms with E-state index in [0.717, 1.165) is 0 Å². The molecule has 13 heavy (non-hydrogen) atoms. The normalized spacial score (nSPS) is 10.5. The first-order chi connectivity index (χ1) is 6.11. The standard InChI is InChI=1S/C8H7BrF3N/c9-5-2-1-3-6(10)8(5)13-4-7(11)12/h1-3,7,13H,4H2. The van der Waals surface area contributed by atoms with Gasteiger partial charge >= 0.3 is 0 Å². The van der Waals surface area contributed by atoms with Crippen LogP contribution in [0.3, 0.4) is 0 Å². The Kier molecular flexibility index (Phi) is 3.59. The number of halogens is 4. The molecule has 0 saturated carbocycles. The predicted octanol–water partition coefficient (Wildman–Crippen LogP) is 3.27. The van der Waals surface area contributed by atoms with E-state index in [-0.39, 0.29) is 5.69 Å². The van der Waals surface area contributed by atoms with Gasteiger partial charge in [0.1, 0.15) is 5.82 Å². The Morgan fingerprint density at radius 3 is 2.62 bits per heavy atom. The van der Waals surface area contributed by atoms with Gasteiger partial charge in [-0.05, 0) is 28.1 Å². The highest BCUT2D eigenvalue weighted by atomic mass is 79.9. The van der Waals surface area contributed by atoms with Crippen LogP contribution in [0.25, 0.3) is 0 Å². The van der Waals surface area contributed by atoms with Gasteiger partial charge in [-0.25, -0.2) is 13.2 Å². The number of alkyl halides is 2. The first-order valence-electron chi connectivity index (χ1n) is 3.57. The largest absolute Gasteiger partial charge is 0.376 e. The van der Waals surface area contributed by atoms with E-state index < -0.39 is 18.8 Å². The lowest BCUT2D eigenvalue weighted by molar-refractivity contribution is 0.163. The summed E-state index contributed by atoms with van der Waals surface area (Å²) in [6, 6.07) is 4.28. The Labute approximate surface area is 82.1 Å². The van der Waals surface area contributed by atoms with Gasteiger partial charge < -0.3 is 5.32 Å². The number of benzene rings is 1. The van der Waals surface area contributed by atoms with E-state index in [1.807, 2.05) is 0 Å². The molecule has 0 aliphatic rings. The number of rotatable bonds is 3. The summed E-state index contributed by atoms with van der Waals surface area (Å²) >= 11 is 3.05. The first kappa shape index (κ1) is 10.4. The highest BCUT2D eigenvalue weighted by Gasteiger charge is 2.08. The minimum Gasteiger partial charge on any atom is -0.376 e. The molecule has 1 nitrogen and oxygen atoms in total. The molecular formula is C8H7BrF3N. The van der Waals surface area contributed by atoms with E-state index >= 15 is 0 Å². The summed E-state index contributed by atoms with van der Waals surface area (Å²) in [5, 5.41) is 2.31. The fourth-order valence-corrected chi connectivity index (χ4v) is 1.33. The molecule has 5 heteroatoms. The molecule has 0 saturated heterocycles. The van der Waals surface area contributed by atoms with Crippen molar-refractivity contribution < 1.29 is 13.2 Å². The molecule has 1 N–H and O–H groups in total. The summed E-state index contributed by atoms with van der Waals surface area (Å²) in [6.45, 7) is -0.556. The van der Waals surface area contributed by atoms with Gasteiger partial charge in [-0.15, -0.1) is 0 Å². The third-order valence-electron chi connectivity index (χ3n) is 1.40. The number of anilines is 1. The highest BCUT2D eigenvalue weighted by molar-refractivity contribution is 9.10. The molecule has 0 fully saturated rings. The van der Waals surface area contributed by atoms with Crippen LogP contribution in [-0.2, 0) is 0 Å². The molecule has 0 aliphatic heterocycles. The SMILES string of the molecule is Fc1cccc(Br)c1NCC(F)F. The van der Waals surface area contributed by atoms with Crippen LogP contribution in [0.5, 0.6) is 0 Å². The van der Waals surface area contributed by atoms with E-state index in [4.69, 9.17) is 0 Å². The lowest BCUT2D eigenvalue weighted by Crippen LogP contribution is -2.11. The number of hydrogen-bond acceptors (Lipinski definition) is 1. The quantitative estimate of drug-likeness (QED) is 0.872. The predicted molar refractivity (Wildman–Crippen MR) is 48.6 cm³/mol. The molecule has 0 radical (unpaired) electrons. The summed E-state index contributed by atoms with van der Waals surface area (Å²) in [5.74, 6) is -0.546. The minimum absolute atomic E-state index is 0.0720. The van der Waals surface area contributed by atoms with Gasteiger partial charge in [0.25, 0.3) is 6.43 Å². The van der Waals surface area contributed by atoms with Crippen molar-refractivity contribution in [3.63, 3.8) is 0 Å². The fraction of sp³-hybridized carbons (Fsp3) is 0.250. The number of para-hydroxylation sites is 1. The first-order valence-corrected chi connectivity index (χ1v) is 4.36. The molecule has 0 amide bonds. The molecule has 0 unspecified atom stereocenters. The van der Waals surface area contributed by atoms with Crippen molar-refractivity contribution in [2.75, 3.05) is 11.9 Å². The monoisotopic (exact) mass is 253 g/mol. The molecule has 0 atom stereocenters. The zero-order valence-corrected chi connectivity index (χ0v) is 8.11. The van der Waals surface area contributed by atoms with Crippen molar-refractivity contribution >= 4 is 21.6 Å². The molecule has 1 aromatic rings. The molecule has 0 heterocycles. The van der Waals surface area contributed by atoms with E-state index in [9.17, 15) is 13.2 Å². The summed E-state index contributed by atoms with van der Waals surface area (Å²) in [5.41, 5.74) is 0.0720. The van der Waals surface area contributed by atoms with Crippen molar-refractivity contribution in [3.8, 4) is 0 Å². The second kappa shape index (κ2) is 4.50. The molecule has 1 rings (SSSR count). The molecule has 0 aliphatic carbocycles. The van der Waals surface area contributed by atoms with Crippen LogP contribution in [0.1, 0.15) is 0 Å². The Hall–Kier alpha value is -0.710. The van der Waals surface area contributed by atoms with E-state index in [1.54, 1.807) is 6.07 Å². The smallest absolute Gasteiger partial charge is 0.255 e. The van der Waals surface area contributed by atoms with Crippen LogP contribution in [0, 0.1) is 5.82 Å². The minimum atomic E-state index is -2.49. The average Bonchev–Trinajstić information content (AvgIpc) is 2.03. The van der Waals surface area contributed by atoms with Gasteiger partial charge in [0.05, 0.1) is 12.2 Å². The van der Waals surface area contributed by atoms with Gasteiger partial charge in [0.15, 0.2) is 0 Å². The van der Waals surface area contributed by atoms with Crippen LogP contribution in [0.2, 0.25) is 0 Å². The van der Waals surface area contributed by atoms with Gasteiger partial charge in [-0.3, -0.25) is 0 Å². The second-order valence-electron chi connectivity index (χ2n) is 2.37. The molecule has 0 bridgehead atoms. The Bertz CT molecular complexity index is 270. The summed E-state index contributed by atoms with van der Waals surface area (Å²) < 4.78 is 37.0. The topological polar surface area (TPSA) is 12.0 Å². The van der Waals surface area contributed by atoms with E-state index in [2.05, 4.69) is 21.2 Å². The summed E-state index contributed by atoms with van der Waals surface area (Å²) in [4.78, 5) is 0. The maximum absolute atomic E-state index is 13.0. The Morgan fingerprint density at radius 2 is 2.08 bits per heavy atom. The van der Waals surface area contributed by atoms with Crippen molar-refractivity contribution in [1.29, 1.82) is 0 Å². The van der Waals surface area contributed by atoms with Crippen LogP contribution in [0.15, 0.2) is 22.7 Å². The third-order valence-corrected chi connectivity index (χ3v) is 2.06. The van der Waals surface area contributed by atoms with Crippen LogP contribution >= 0.6 is 15.9 Å². The molecule has 1 aromatic carbocycles. The second-order valence-corrected chi connectivity index (χ2v) is 3.22. The van der Waals surface area contributed by atoms with Crippen LogP contribution < -0.4 is 5.32 Å². The summed E-state index contributed by atoms with van der Waals surface area (Å²) in [7, 11) is 0. The maximum Gasteiger partial charge on any atom is 0.255 e. The molecule has 0 spiro atoms.